The van der Waals surface area contributed by atoms with Gasteiger partial charge in [-0.3, -0.25) is 14.4 Å². The predicted octanol–water partition coefficient (Wildman–Crippen LogP) is 3.07. The van der Waals surface area contributed by atoms with Crippen LogP contribution >= 0.6 is 0 Å². The third-order valence-corrected chi connectivity index (χ3v) is 4.79. The van der Waals surface area contributed by atoms with Gasteiger partial charge in [-0.25, -0.2) is 0 Å². The maximum atomic E-state index is 13.0. The second kappa shape index (κ2) is 7.28. The molecule has 1 aromatic carbocycles. The topological polar surface area (TPSA) is 63.7 Å². The molecular formula is C21H23NO4. The average Bonchev–Trinajstić information content (AvgIpc) is 2.65. The van der Waals surface area contributed by atoms with Gasteiger partial charge in [0.1, 0.15) is 0 Å². The van der Waals surface area contributed by atoms with Crippen LogP contribution in [0.5, 0.6) is 0 Å². The van der Waals surface area contributed by atoms with E-state index in [4.69, 9.17) is 4.74 Å². The number of carbonyl (C=O) groups is 3. The summed E-state index contributed by atoms with van der Waals surface area (Å²) >= 11 is 0. The van der Waals surface area contributed by atoms with E-state index in [1.54, 1.807) is 43.3 Å². The summed E-state index contributed by atoms with van der Waals surface area (Å²) in [6.45, 7) is 4.54. The second-order valence-electron chi connectivity index (χ2n) is 6.62. The monoisotopic (exact) mass is 353 g/mol. The largest absolute Gasteiger partial charge is 0.440 e. The van der Waals surface area contributed by atoms with Crippen LogP contribution in [0.2, 0.25) is 0 Å². The zero-order valence-corrected chi connectivity index (χ0v) is 15.2. The van der Waals surface area contributed by atoms with E-state index in [0.29, 0.717) is 11.3 Å². The van der Waals surface area contributed by atoms with E-state index in [2.05, 4.69) is 0 Å². The van der Waals surface area contributed by atoms with Crippen molar-refractivity contribution in [3.8, 4) is 0 Å². The van der Waals surface area contributed by atoms with Gasteiger partial charge in [0.15, 0.2) is 5.78 Å². The van der Waals surface area contributed by atoms with Gasteiger partial charge in [0.2, 0.25) is 11.4 Å². The lowest BCUT2D eigenvalue weighted by Crippen LogP contribution is -2.59. The van der Waals surface area contributed by atoms with Crippen molar-refractivity contribution in [2.75, 3.05) is 13.1 Å². The molecule has 0 radical (unpaired) electrons. The first-order chi connectivity index (χ1) is 12.5. The van der Waals surface area contributed by atoms with Crippen LogP contribution in [0, 0.1) is 0 Å². The number of ketones is 2. The predicted molar refractivity (Wildman–Crippen MR) is 97.5 cm³/mol. The third kappa shape index (κ3) is 2.98. The Labute approximate surface area is 153 Å². The van der Waals surface area contributed by atoms with Crippen molar-refractivity contribution < 1.29 is 19.1 Å². The normalized spacial score (nSPS) is 23.2. The highest BCUT2D eigenvalue weighted by atomic mass is 16.6. The number of piperidine rings is 1. The van der Waals surface area contributed by atoms with E-state index >= 15 is 0 Å². The second-order valence-corrected chi connectivity index (χ2v) is 6.62. The maximum absolute atomic E-state index is 13.0. The minimum Gasteiger partial charge on any atom is -0.440 e. The highest BCUT2D eigenvalue weighted by Gasteiger charge is 2.59. The molecule has 3 rings (SSSR count). The average molecular weight is 353 g/mol. The lowest BCUT2D eigenvalue weighted by atomic mass is 9.71. The Kier molecular flexibility index (Phi) is 5.07. The van der Waals surface area contributed by atoms with Gasteiger partial charge in [0, 0.05) is 25.6 Å². The molecule has 0 amide bonds. The molecule has 1 aromatic rings. The molecule has 136 valence electrons. The van der Waals surface area contributed by atoms with Crippen molar-refractivity contribution in [2.24, 2.45) is 0 Å². The number of allylic oxidation sites excluding steroid dienone is 1. The number of rotatable bonds is 5. The Hall–Kier alpha value is -2.69. The van der Waals surface area contributed by atoms with E-state index in [0.717, 1.165) is 32.4 Å². The van der Waals surface area contributed by atoms with Crippen LogP contribution in [-0.4, -0.2) is 41.1 Å². The number of benzene rings is 1. The molecule has 0 N–H and O–H groups in total. The maximum Gasteiger partial charge on any atom is 0.304 e. The quantitative estimate of drug-likeness (QED) is 0.352. The number of hydrogen-bond donors (Lipinski definition) is 0. The smallest absolute Gasteiger partial charge is 0.304 e. The van der Waals surface area contributed by atoms with Crippen molar-refractivity contribution in [3.05, 3.63) is 59.3 Å². The van der Waals surface area contributed by atoms with E-state index in [9.17, 15) is 14.4 Å². The molecule has 1 heterocycles. The fourth-order valence-corrected chi connectivity index (χ4v) is 3.72. The summed E-state index contributed by atoms with van der Waals surface area (Å²) in [6, 6.07) is 8.74. The van der Waals surface area contributed by atoms with Crippen LogP contribution in [-0.2, 0) is 14.3 Å². The minimum absolute atomic E-state index is 0.137. The number of esters is 1. The Morgan fingerprint density at radius 1 is 1.12 bits per heavy atom. The van der Waals surface area contributed by atoms with Gasteiger partial charge in [0.05, 0.1) is 11.3 Å². The lowest BCUT2D eigenvalue weighted by Gasteiger charge is -2.47. The first-order valence-corrected chi connectivity index (χ1v) is 8.99. The van der Waals surface area contributed by atoms with Crippen LogP contribution in [0.3, 0.4) is 0 Å². The van der Waals surface area contributed by atoms with E-state index < -0.39 is 17.4 Å². The van der Waals surface area contributed by atoms with Gasteiger partial charge in [-0.1, -0.05) is 36.4 Å². The molecule has 5 nitrogen and oxygen atoms in total. The first-order valence-electron chi connectivity index (χ1n) is 8.99. The van der Waals surface area contributed by atoms with Crippen molar-refractivity contribution in [1.82, 2.24) is 4.90 Å². The summed E-state index contributed by atoms with van der Waals surface area (Å²) in [5.41, 5.74) is -0.346. The standard InChI is InChI=1S/C21H23NO4/c1-3-12-21(26-15(2)23)19(22-13-8-5-9-14-22)17(20(21)25)18(24)16-10-6-4-7-11-16/h3-4,6-7,10-12H,5,8-9,13-14H2,1-2H3/b12-3+. The molecule has 1 fully saturated rings. The van der Waals surface area contributed by atoms with Crippen molar-refractivity contribution in [3.63, 3.8) is 0 Å². The Bertz CT molecular complexity index is 787. The Balaban J connectivity index is 2.12. The number of likely N-dealkylation sites (tertiary alicyclic amines) is 1. The number of ether oxygens (including phenoxy) is 1. The van der Waals surface area contributed by atoms with Crippen LogP contribution in [0.25, 0.3) is 0 Å². The van der Waals surface area contributed by atoms with E-state index in [1.165, 1.54) is 6.92 Å². The highest BCUT2D eigenvalue weighted by Crippen LogP contribution is 2.44. The number of hydrogen-bond acceptors (Lipinski definition) is 5. The molecule has 2 aliphatic rings. The fourth-order valence-electron chi connectivity index (χ4n) is 3.72. The van der Waals surface area contributed by atoms with Gasteiger partial charge >= 0.3 is 5.97 Å². The van der Waals surface area contributed by atoms with Crippen molar-refractivity contribution in [1.29, 1.82) is 0 Å². The van der Waals surface area contributed by atoms with E-state index in [1.807, 2.05) is 11.0 Å². The van der Waals surface area contributed by atoms with Crippen LogP contribution < -0.4 is 0 Å². The van der Waals surface area contributed by atoms with Crippen molar-refractivity contribution >= 4 is 17.5 Å². The third-order valence-electron chi connectivity index (χ3n) is 4.79. The molecule has 1 unspecified atom stereocenters. The molecule has 1 atom stereocenters. The van der Waals surface area contributed by atoms with Crippen LogP contribution in [0.15, 0.2) is 53.8 Å². The lowest BCUT2D eigenvalue weighted by molar-refractivity contribution is -0.160. The van der Waals surface area contributed by atoms with Crippen LogP contribution in [0.1, 0.15) is 43.5 Å². The highest BCUT2D eigenvalue weighted by molar-refractivity contribution is 6.35. The number of Topliss-reactive ketones (excluding diaryl/α,β-unsaturated/α-hetero) is 2. The van der Waals surface area contributed by atoms with Gasteiger partial charge in [-0.2, -0.15) is 0 Å². The van der Waals surface area contributed by atoms with Gasteiger partial charge in [0.25, 0.3) is 0 Å². The first kappa shape index (κ1) is 18.1. The molecule has 0 spiro atoms. The summed E-state index contributed by atoms with van der Waals surface area (Å²) in [5, 5.41) is 0. The minimum atomic E-state index is -1.47. The zero-order valence-electron chi connectivity index (χ0n) is 15.2. The summed E-state index contributed by atoms with van der Waals surface area (Å²) in [4.78, 5) is 39.8. The molecule has 5 heteroatoms. The van der Waals surface area contributed by atoms with Crippen molar-refractivity contribution in [2.45, 2.75) is 38.7 Å². The Morgan fingerprint density at radius 2 is 1.77 bits per heavy atom. The summed E-state index contributed by atoms with van der Waals surface area (Å²) in [7, 11) is 0. The molecular weight excluding hydrogens is 330 g/mol. The Morgan fingerprint density at radius 3 is 2.35 bits per heavy atom. The fraction of sp³-hybridized carbons (Fsp3) is 0.381. The molecule has 1 aliphatic heterocycles. The molecule has 26 heavy (non-hydrogen) atoms. The summed E-state index contributed by atoms with van der Waals surface area (Å²) in [5.74, 6) is -1.30. The van der Waals surface area contributed by atoms with Crippen LogP contribution in [0.4, 0.5) is 0 Å². The number of nitrogens with zero attached hydrogens (tertiary/aromatic N) is 1. The number of carbonyl (C=O) groups excluding carboxylic acids is 3. The van der Waals surface area contributed by atoms with Gasteiger partial charge in [-0.15, -0.1) is 0 Å². The SMILES string of the molecule is C/C=C/C1(OC(C)=O)C(=O)C(C(=O)c2ccccc2)=C1N1CCCCC1. The molecule has 1 saturated heterocycles. The summed E-state index contributed by atoms with van der Waals surface area (Å²) < 4.78 is 5.48. The molecule has 0 saturated carbocycles. The molecule has 1 aliphatic carbocycles. The molecule has 0 aromatic heterocycles. The molecule has 0 bridgehead atoms. The van der Waals surface area contributed by atoms with Gasteiger partial charge < -0.3 is 9.64 Å². The summed E-state index contributed by atoms with van der Waals surface area (Å²) in [6.07, 6.45) is 6.36. The zero-order chi connectivity index (χ0) is 18.7. The van der Waals surface area contributed by atoms with E-state index in [-0.39, 0.29) is 11.4 Å². The van der Waals surface area contributed by atoms with Gasteiger partial charge in [-0.05, 0) is 32.3 Å².